The van der Waals surface area contributed by atoms with Crippen molar-refractivity contribution in [3.05, 3.63) is 53.6 Å². The molecule has 0 fully saturated rings. The molecule has 1 aliphatic rings. The second kappa shape index (κ2) is 10.00. The van der Waals surface area contributed by atoms with E-state index in [1.807, 2.05) is 38.6 Å². The van der Waals surface area contributed by atoms with Crippen molar-refractivity contribution < 1.29 is 9.59 Å². The molecular formula is C23H30N4O2S. The van der Waals surface area contributed by atoms with Crippen LogP contribution in [0.1, 0.15) is 23.6 Å². The Morgan fingerprint density at radius 2 is 1.93 bits per heavy atom. The van der Waals surface area contributed by atoms with Crippen LogP contribution in [0.3, 0.4) is 0 Å². The number of para-hydroxylation sites is 1. The van der Waals surface area contributed by atoms with Gasteiger partial charge in [-0.3, -0.25) is 9.59 Å². The minimum Gasteiger partial charge on any atom is -0.374 e. The number of fused-ring (bicyclic) bond motifs is 1. The topological polar surface area (TPSA) is 64.7 Å². The first kappa shape index (κ1) is 22.2. The van der Waals surface area contributed by atoms with E-state index in [-0.39, 0.29) is 6.04 Å². The Kier molecular flexibility index (Phi) is 7.39. The van der Waals surface area contributed by atoms with E-state index in [0.717, 1.165) is 29.8 Å². The molecule has 6 nitrogen and oxygen atoms in total. The molecule has 1 atom stereocenters. The van der Waals surface area contributed by atoms with Crippen molar-refractivity contribution >= 4 is 35.0 Å². The Labute approximate surface area is 183 Å². The summed E-state index contributed by atoms with van der Waals surface area (Å²) >= 11 is 1.52. The number of nitrogens with one attached hydrogen (secondary N) is 2. The van der Waals surface area contributed by atoms with Gasteiger partial charge in [0, 0.05) is 30.7 Å². The zero-order valence-corrected chi connectivity index (χ0v) is 18.9. The number of hydrogen-bond acceptors (Lipinski definition) is 5. The van der Waals surface area contributed by atoms with Crippen LogP contribution in [0.2, 0.25) is 0 Å². The summed E-state index contributed by atoms with van der Waals surface area (Å²) in [6, 6.07) is 13.9. The van der Waals surface area contributed by atoms with Crippen molar-refractivity contribution in [3.8, 4) is 0 Å². The average Bonchev–Trinajstić information content (AvgIpc) is 2.74. The molecule has 2 N–H and O–H groups in total. The number of amides is 2. The highest BCUT2D eigenvalue weighted by Gasteiger charge is 2.21. The van der Waals surface area contributed by atoms with E-state index in [0.29, 0.717) is 12.2 Å². The van der Waals surface area contributed by atoms with E-state index >= 15 is 0 Å². The standard InChI is InChI=1S/C23H30N4O2S/c1-26(2)20(17-11-12-19-16(14-17)8-7-13-27(19)3)15-24-22(28)23(29)25-18-9-5-6-10-21(18)30-4/h5-6,9-12,14,20H,7-8,13,15H2,1-4H3,(H,24,28)(H,25,29)/t20-/m0/s1. The zero-order chi connectivity index (χ0) is 21.7. The Hall–Kier alpha value is -2.51. The highest BCUT2D eigenvalue weighted by Crippen LogP contribution is 2.30. The van der Waals surface area contributed by atoms with Crippen molar-refractivity contribution in [2.24, 2.45) is 0 Å². The van der Waals surface area contributed by atoms with Gasteiger partial charge in [0.05, 0.1) is 11.7 Å². The average molecular weight is 427 g/mol. The molecule has 1 heterocycles. The molecule has 0 radical (unpaired) electrons. The Morgan fingerprint density at radius 1 is 1.17 bits per heavy atom. The Bertz CT molecular complexity index is 916. The minimum atomic E-state index is -0.652. The number of hydrogen-bond donors (Lipinski definition) is 2. The molecule has 2 aromatic carbocycles. The molecular weight excluding hydrogens is 396 g/mol. The fourth-order valence-corrected chi connectivity index (χ4v) is 4.36. The lowest BCUT2D eigenvalue weighted by molar-refractivity contribution is -0.136. The molecule has 2 amide bonds. The van der Waals surface area contributed by atoms with Gasteiger partial charge in [0.15, 0.2) is 0 Å². The number of aryl methyl sites for hydroxylation is 1. The fraction of sp³-hybridized carbons (Fsp3) is 0.391. The summed E-state index contributed by atoms with van der Waals surface area (Å²) in [7, 11) is 6.09. The van der Waals surface area contributed by atoms with Crippen LogP contribution in [0.4, 0.5) is 11.4 Å². The summed E-state index contributed by atoms with van der Waals surface area (Å²) in [5, 5.41) is 5.51. The molecule has 0 saturated heterocycles. The van der Waals surface area contributed by atoms with Gasteiger partial charge in [-0.15, -0.1) is 11.8 Å². The zero-order valence-electron chi connectivity index (χ0n) is 18.1. The van der Waals surface area contributed by atoms with Crippen LogP contribution in [0.15, 0.2) is 47.4 Å². The van der Waals surface area contributed by atoms with Crippen molar-refractivity contribution in [1.29, 1.82) is 0 Å². The molecule has 0 bridgehead atoms. The van der Waals surface area contributed by atoms with Crippen LogP contribution in [-0.4, -0.2) is 57.2 Å². The molecule has 0 spiro atoms. The van der Waals surface area contributed by atoms with Gasteiger partial charge in [-0.2, -0.15) is 0 Å². The number of rotatable bonds is 6. The molecule has 0 aliphatic carbocycles. The molecule has 3 rings (SSSR count). The number of likely N-dealkylation sites (N-methyl/N-ethyl adjacent to an activating group) is 1. The smallest absolute Gasteiger partial charge is 0.313 e. The maximum Gasteiger partial charge on any atom is 0.313 e. The van der Waals surface area contributed by atoms with Gasteiger partial charge in [-0.1, -0.05) is 24.3 Å². The normalized spacial score (nSPS) is 14.2. The predicted molar refractivity (Wildman–Crippen MR) is 124 cm³/mol. The monoisotopic (exact) mass is 426 g/mol. The number of benzene rings is 2. The summed E-state index contributed by atoms with van der Waals surface area (Å²) < 4.78 is 0. The van der Waals surface area contributed by atoms with Gasteiger partial charge in [-0.25, -0.2) is 0 Å². The third kappa shape index (κ3) is 5.15. The Morgan fingerprint density at radius 3 is 2.67 bits per heavy atom. The van der Waals surface area contributed by atoms with Gasteiger partial charge >= 0.3 is 11.8 Å². The molecule has 160 valence electrons. The van der Waals surface area contributed by atoms with Crippen LogP contribution in [-0.2, 0) is 16.0 Å². The number of carbonyl (C=O) groups excluding carboxylic acids is 2. The van der Waals surface area contributed by atoms with Crippen LogP contribution >= 0.6 is 11.8 Å². The third-order valence-corrected chi connectivity index (χ3v) is 6.28. The van der Waals surface area contributed by atoms with Crippen LogP contribution in [0, 0.1) is 0 Å². The maximum atomic E-state index is 12.4. The van der Waals surface area contributed by atoms with E-state index < -0.39 is 11.8 Å². The molecule has 0 unspecified atom stereocenters. The summed E-state index contributed by atoms with van der Waals surface area (Å²) in [6.45, 7) is 1.44. The molecule has 0 aromatic heterocycles. The van der Waals surface area contributed by atoms with Gasteiger partial charge in [-0.05, 0) is 62.5 Å². The first-order valence-corrected chi connectivity index (χ1v) is 11.4. The fourth-order valence-electron chi connectivity index (χ4n) is 3.81. The first-order chi connectivity index (χ1) is 14.4. The summed E-state index contributed by atoms with van der Waals surface area (Å²) in [5.41, 5.74) is 4.40. The molecule has 2 aromatic rings. The molecule has 0 saturated carbocycles. The minimum absolute atomic E-state index is 0.0160. The highest BCUT2D eigenvalue weighted by atomic mass is 32.2. The second-order valence-electron chi connectivity index (χ2n) is 7.76. The molecule has 1 aliphatic heterocycles. The second-order valence-corrected chi connectivity index (χ2v) is 8.61. The summed E-state index contributed by atoms with van der Waals surface area (Å²) in [6.07, 6.45) is 4.15. The van der Waals surface area contributed by atoms with Gasteiger partial charge in [0.1, 0.15) is 0 Å². The van der Waals surface area contributed by atoms with Crippen LogP contribution < -0.4 is 15.5 Å². The largest absolute Gasteiger partial charge is 0.374 e. The van der Waals surface area contributed by atoms with Crippen molar-refractivity contribution in [3.63, 3.8) is 0 Å². The van der Waals surface area contributed by atoms with E-state index in [2.05, 4.69) is 45.7 Å². The molecule has 7 heteroatoms. The third-order valence-electron chi connectivity index (χ3n) is 5.48. The van der Waals surface area contributed by atoms with E-state index in [1.165, 1.54) is 23.0 Å². The number of thioether (sulfide) groups is 1. The van der Waals surface area contributed by atoms with Gasteiger partial charge in [0.2, 0.25) is 0 Å². The molecule has 30 heavy (non-hydrogen) atoms. The van der Waals surface area contributed by atoms with Crippen LogP contribution in [0.5, 0.6) is 0 Å². The number of anilines is 2. The Balaban J connectivity index is 1.66. The van der Waals surface area contributed by atoms with Gasteiger partial charge < -0.3 is 20.4 Å². The first-order valence-electron chi connectivity index (χ1n) is 10.1. The number of nitrogens with zero attached hydrogens (tertiary/aromatic N) is 2. The quantitative estimate of drug-likeness (QED) is 0.549. The summed E-state index contributed by atoms with van der Waals surface area (Å²) in [5.74, 6) is -1.28. The van der Waals surface area contributed by atoms with E-state index in [1.54, 1.807) is 6.07 Å². The van der Waals surface area contributed by atoms with E-state index in [4.69, 9.17) is 0 Å². The lowest BCUT2D eigenvalue weighted by Gasteiger charge is -2.30. The maximum absolute atomic E-state index is 12.4. The van der Waals surface area contributed by atoms with Crippen molar-refractivity contribution in [1.82, 2.24) is 10.2 Å². The lowest BCUT2D eigenvalue weighted by Crippen LogP contribution is -2.40. The summed E-state index contributed by atoms with van der Waals surface area (Å²) in [4.78, 5) is 30.1. The van der Waals surface area contributed by atoms with Crippen LogP contribution in [0.25, 0.3) is 0 Å². The van der Waals surface area contributed by atoms with Gasteiger partial charge in [0.25, 0.3) is 0 Å². The SMILES string of the molecule is CSc1ccccc1NC(=O)C(=O)NC[C@@H](c1ccc2c(c1)CCCN2C)N(C)C. The highest BCUT2D eigenvalue weighted by molar-refractivity contribution is 7.98. The lowest BCUT2D eigenvalue weighted by atomic mass is 9.96. The van der Waals surface area contributed by atoms with Crippen molar-refractivity contribution in [2.45, 2.75) is 23.8 Å². The van der Waals surface area contributed by atoms with E-state index in [9.17, 15) is 9.59 Å². The number of carbonyl (C=O) groups is 2. The van der Waals surface area contributed by atoms with Crippen molar-refractivity contribution in [2.75, 3.05) is 50.7 Å². The predicted octanol–water partition coefficient (Wildman–Crippen LogP) is 3.15.